The van der Waals surface area contributed by atoms with Crippen molar-refractivity contribution in [2.45, 2.75) is 39.3 Å². The van der Waals surface area contributed by atoms with Crippen molar-refractivity contribution in [1.82, 2.24) is 14.5 Å². The van der Waals surface area contributed by atoms with Crippen LogP contribution in [0.2, 0.25) is 0 Å². The molecule has 0 unspecified atom stereocenters. The second-order valence-electron chi connectivity index (χ2n) is 6.86. The Morgan fingerprint density at radius 3 is 2.71 bits per heavy atom. The van der Waals surface area contributed by atoms with Gasteiger partial charge in [-0.05, 0) is 39.0 Å². The molecule has 1 aliphatic rings. The third-order valence-electron chi connectivity index (χ3n) is 3.85. The van der Waals surface area contributed by atoms with Gasteiger partial charge in [0.25, 0.3) is 5.56 Å². The molecule has 24 heavy (non-hydrogen) atoms. The number of halogens is 1. The Hall–Kier alpha value is -1.89. The largest absolute Gasteiger partial charge is 0.444 e. The summed E-state index contributed by atoms with van der Waals surface area (Å²) in [6, 6.07) is 5.45. The zero-order valence-electron chi connectivity index (χ0n) is 14.0. The molecular formula is C17H20BrN3O3. The van der Waals surface area contributed by atoms with E-state index in [2.05, 4.69) is 20.9 Å². The van der Waals surface area contributed by atoms with Crippen molar-refractivity contribution in [3.8, 4) is 0 Å². The molecule has 1 aromatic carbocycles. The summed E-state index contributed by atoms with van der Waals surface area (Å²) in [6.07, 6.45) is 0.173. The number of carbonyl (C=O) groups excluding carboxylic acids is 1. The van der Waals surface area contributed by atoms with Crippen LogP contribution in [0.15, 0.2) is 27.5 Å². The van der Waals surface area contributed by atoms with Crippen molar-refractivity contribution in [3.63, 3.8) is 0 Å². The molecular weight excluding hydrogens is 374 g/mol. The third-order valence-corrected chi connectivity index (χ3v) is 4.34. The summed E-state index contributed by atoms with van der Waals surface area (Å²) in [5, 5.41) is 0.590. The van der Waals surface area contributed by atoms with Crippen LogP contribution in [0.5, 0.6) is 0 Å². The quantitative estimate of drug-likeness (QED) is 0.689. The molecule has 0 aliphatic carbocycles. The number of hydrogen-bond donors (Lipinski definition) is 0. The van der Waals surface area contributed by atoms with E-state index >= 15 is 0 Å². The summed E-state index contributed by atoms with van der Waals surface area (Å²) < 4.78 is 7.98. The van der Waals surface area contributed by atoms with Gasteiger partial charge in [0, 0.05) is 30.5 Å². The summed E-state index contributed by atoms with van der Waals surface area (Å²) >= 11 is 3.41. The highest BCUT2D eigenvalue weighted by atomic mass is 79.9. The van der Waals surface area contributed by atoms with Crippen molar-refractivity contribution < 1.29 is 9.53 Å². The molecule has 0 N–H and O–H groups in total. The summed E-state index contributed by atoms with van der Waals surface area (Å²) in [5.41, 5.74) is 0.0756. The molecule has 3 rings (SSSR count). The molecule has 0 radical (unpaired) electrons. The number of aromatic nitrogens is 2. The van der Waals surface area contributed by atoms with Crippen molar-refractivity contribution in [3.05, 3.63) is 38.9 Å². The fourth-order valence-electron chi connectivity index (χ4n) is 2.74. The molecule has 1 aliphatic heterocycles. The minimum Gasteiger partial charge on any atom is -0.444 e. The normalized spacial score (nSPS) is 15.1. The Bertz CT molecular complexity index is 855. The van der Waals surface area contributed by atoms with Crippen LogP contribution in [0.25, 0.3) is 10.9 Å². The monoisotopic (exact) mass is 393 g/mol. The van der Waals surface area contributed by atoms with Crippen LogP contribution in [0.3, 0.4) is 0 Å². The van der Waals surface area contributed by atoms with Crippen LogP contribution in [-0.4, -0.2) is 39.2 Å². The van der Waals surface area contributed by atoms with Gasteiger partial charge < -0.3 is 9.64 Å². The maximum Gasteiger partial charge on any atom is 0.410 e. The SMILES string of the molecule is CC(C)(C)OC(=O)N1CCc2nc3cc(Br)ccc3c(=O)n2CC1. The minimum absolute atomic E-state index is 0.0615. The van der Waals surface area contributed by atoms with Crippen LogP contribution >= 0.6 is 15.9 Å². The van der Waals surface area contributed by atoms with Gasteiger partial charge in [0.05, 0.1) is 10.9 Å². The lowest BCUT2D eigenvalue weighted by Gasteiger charge is -2.26. The molecule has 0 saturated heterocycles. The van der Waals surface area contributed by atoms with Crippen molar-refractivity contribution in [2.24, 2.45) is 0 Å². The molecule has 128 valence electrons. The molecule has 2 aromatic rings. The van der Waals surface area contributed by atoms with Crippen LogP contribution in [0, 0.1) is 0 Å². The molecule has 1 aromatic heterocycles. The topological polar surface area (TPSA) is 64.4 Å². The van der Waals surface area contributed by atoms with Gasteiger partial charge in [0.1, 0.15) is 11.4 Å². The molecule has 0 atom stereocenters. The van der Waals surface area contributed by atoms with Gasteiger partial charge in [-0.3, -0.25) is 9.36 Å². The highest BCUT2D eigenvalue weighted by molar-refractivity contribution is 9.10. The van der Waals surface area contributed by atoms with Gasteiger partial charge in [0.2, 0.25) is 0 Å². The molecule has 7 heteroatoms. The molecule has 0 saturated carbocycles. The van der Waals surface area contributed by atoms with E-state index in [4.69, 9.17) is 4.74 Å². The predicted octanol–water partition coefficient (Wildman–Crippen LogP) is 2.95. The fraction of sp³-hybridized carbons (Fsp3) is 0.471. The van der Waals surface area contributed by atoms with E-state index in [9.17, 15) is 9.59 Å². The maximum absolute atomic E-state index is 12.7. The molecule has 0 bridgehead atoms. The van der Waals surface area contributed by atoms with Gasteiger partial charge >= 0.3 is 6.09 Å². The van der Waals surface area contributed by atoms with Gasteiger partial charge in [-0.2, -0.15) is 0 Å². The van der Waals surface area contributed by atoms with E-state index in [-0.39, 0.29) is 11.7 Å². The van der Waals surface area contributed by atoms with Gasteiger partial charge in [0.15, 0.2) is 0 Å². The first-order valence-corrected chi connectivity index (χ1v) is 8.71. The summed E-state index contributed by atoms with van der Waals surface area (Å²) in [4.78, 5) is 31.2. The maximum atomic E-state index is 12.7. The van der Waals surface area contributed by atoms with Gasteiger partial charge in [-0.25, -0.2) is 9.78 Å². The number of rotatable bonds is 0. The van der Waals surface area contributed by atoms with E-state index in [0.29, 0.717) is 42.8 Å². The van der Waals surface area contributed by atoms with Crippen molar-refractivity contribution in [1.29, 1.82) is 0 Å². The zero-order valence-corrected chi connectivity index (χ0v) is 15.6. The Labute approximate surface area is 148 Å². The first kappa shape index (κ1) is 17.0. The lowest BCUT2D eigenvalue weighted by molar-refractivity contribution is 0.0254. The third kappa shape index (κ3) is 3.45. The lowest BCUT2D eigenvalue weighted by Crippen LogP contribution is -2.38. The number of carbonyl (C=O) groups is 1. The van der Waals surface area contributed by atoms with E-state index in [1.807, 2.05) is 32.9 Å². The number of fused-ring (bicyclic) bond motifs is 2. The molecule has 2 heterocycles. The molecule has 1 amide bonds. The Kier molecular flexibility index (Phi) is 4.38. The minimum atomic E-state index is -0.535. The number of hydrogen-bond acceptors (Lipinski definition) is 4. The number of nitrogens with zero attached hydrogens (tertiary/aromatic N) is 3. The molecule has 0 fully saturated rings. The van der Waals surface area contributed by atoms with E-state index in [1.165, 1.54) is 0 Å². The zero-order chi connectivity index (χ0) is 17.5. The Morgan fingerprint density at radius 1 is 1.25 bits per heavy atom. The summed E-state index contributed by atoms with van der Waals surface area (Å²) in [7, 11) is 0. The van der Waals surface area contributed by atoms with Crippen molar-refractivity contribution >= 4 is 32.9 Å². The highest BCUT2D eigenvalue weighted by Crippen LogP contribution is 2.18. The van der Waals surface area contributed by atoms with Crippen LogP contribution in [0.1, 0.15) is 26.6 Å². The van der Waals surface area contributed by atoms with Gasteiger partial charge in [-0.15, -0.1) is 0 Å². The Balaban J connectivity index is 1.91. The second-order valence-corrected chi connectivity index (χ2v) is 7.78. The fourth-order valence-corrected chi connectivity index (χ4v) is 3.09. The number of benzene rings is 1. The van der Waals surface area contributed by atoms with Crippen LogP contribution < -0.4 is 5.56 Å². The smallest absolute Gasteiger partial charge is 0.410 e. The predicted molar refractivity (Wildman–Crippen MR) is 95.2 cm³/mol. The number of amides is 1. The van der Waals surface area contributed by atoms with Crippen LogP contribution in [-0.2, 0) is 17.7 Å². The lowest BCUT2D eigenvalue weighted by atomic mass is 10.2. The number of ether oxygens (including phenoxy) is 1. The standard InChI is InChI=1S/C17H20BrN3O3/c1-17(2,3)24-16(23)20-7-6-14-19-13-10-11(18)4-5-12(13)15(22)21(14)9-8-20/h4-5,10H,6-9H2,1-3H3. The van der Waals surface area contributed by atoms with E-state index in [0.717, 1.165) is 4.47 Å². The summed E-state index contributed by atoms with van der Waals surface area (Å²) in [6.45, 7) is 6.87. The van der Waals surface area contributed by atoms with E-state index in [1.54, 1.807) is 15.5 Å². The van der Waals surface area contributed by atoms with Crippen LogP contribution in [0.4, 0.5) is 4.79 Å². The molecule has 0 spiro atoms. The second kappa shape index (κ2) is 6.20. The average molecular weight is 394 g/mol. The first-order chi connectivity index (χ1) is 11.2. The first-order valence-electron chi connectivity index (χ1n) is 7.91. The summed E-state index contributed by atoms with van der Waals surface area (Å²) in [5.74, 6) is 0.705. The molecule has 6 nitrogen and oxygen atoms in total. The highest BCUT2D eigenvalue weighted by Gasteiger charge is 2.25. The van der Waals surface area contributed by atoms with Gasteiger partial charge in [-0.1, -0.05) is 15.9 Å². The van der Waals surface area contributed by atoms with Crippen molar-refractivity contribution in [2.75, 3.05) is 13.1 Å². The Morgan fingerprint density at radius 2 is 2.00 bits per heavy atom. The average Bonchev–Trinajstić information content (AvgIpc) is 2.68. The van der Waals surface area contributed by atoms with E-state index < -0.39 is 5.60 Å².